The molecule has 29 heavy (non-hydrogen) atoms. The van der Waals surface area contributed by atoms with Crippen LogP contribution in [0.3, 0.4) is 0 Å². The van der Waals surface area contributed by atoms with Gasteiger partial charge in [0.05, 0.1) is 11.1 Å². The Labute approximate surface area is 168 Å². The summed E-state index contributed by atoms with van der Waals surface area (Å²) >= 11 is 0. The highest BCUT2D eigenvalue weighted by atomic mass is 16.6. The second-order valence-electron chi connectivity index (χ2n) is 7.58. The van der Waals surface area contributed by atoms with E-state index in [2.05, 4.69) is 5.32 Å². The Morgan fingerprint density at radius 1 is 1.21 bits per heavy atom. The first kappa shape index (κ1) is 22.1. The van der Waals surface area contributed by atoms with Gasteiger partial charge in [-0.15, -0.1) is 0 Å². The van der Waals surface area contributed by atoms with Crippen molar-refractivity contribution in [3.8, 4) is 0 Å². The summed E-state index contributed by atoms with van der Waals surface area (Å²) in [5.41, 5.74) is -0.148. The number of carbonyl (C=O) groups excluding carboxylic acids is 5. The maximum Gasteiger partial charge on any atom is 0.325 e. The van der Waals surface area contributed by atoms with Crippen LogP contribution in [0, 0.1) is 0 Å². The first-order chi connectivity index (χ1) is 13.6. The number of amides is 4. The molecule has 1 aromatic rings. The van der Waals surface area contributed by atoms with Crippen molar-refractivity contribution in [1.29, 1.82) is 0 Å². The van der Waals surface area contributed by atoms with E-state index in [4.69, 9.17) is 4.74 Å². The zero-order valence-electron chi connectivity index (χ0n) is 16.9. The fourth-order valence-corrected chi connectivity index (χ4v) is 3.08. The van der Waals surface area contributed by atoms with Crippen molar-refractivity contribution < 1.29 is 28.7 Å². The topological polar surface area (TPSA) is 122 Å². The molecule has 1 heterocycles. The van der Waals surface area contributed by atoms with Crippen molar-refractivity contribution in [2.45, 2.75) is 52.2 Å². The van der Waals surface area contributed by atoms with Gasteiger partial charge in [0.25, 0.3) is 11.8 Å². The minimum Gasteiger partial charge on any atom is -0.459 e. The Balaban J connectivity index is 2.29. The SMILES string of the molecule is CCCC(C(=O)NC=O)N1C(=O)c2cccc(NCC(=O)OC(C)(C)C)c2C1=O. The number of hydrogen-bond donors (Lipinski definition) is 2. The van der Waals surface area contributed by atoms with Crippen LogP contribution in [-0.4, -0.2) is 53.2 Å². The Hall–Kier alpha value is -3.23. The maximum atomic E-state index is 13.0. The summed E-state index contributed by atoms with van der Waals surface area (Å²) in [5.74, 6) is -2.51. The van der Waals surface area contributed by atoms with Gasteiger partial charge in [-0.05, 0) is 39.3 Å². The molecule has 0 radical (unpaired) electrons. The van der Waals surface area contributed by atoms with E-state index in [1.807, 2.05) is 5.32 Å². The van der Waals surface area contributed by atoms with Crippen molar-refractivity contribution in [2.75, 3.05) is 11.9 Å². The first-order valence-corrected chi connectivity index (χ1v) is 9.31. The number of anilines is 1. The third kappa shape index (κ3) is 4.98. The van der Waals surface area contributed by atoms with Gasteiger partial charge in [-0.25, -0.2) is 0 Å². The zero-order valence-corrected chi connectivity index (χ0v) is 16.9. The molecule has 0 aromatic heterocycles. The molecule has 1 aromatic carbocycles. The number of ether oxygens (including phenoxy) is 1. The van der Waals surface area contributed by atoms with E-state index in [9.17, 15) is 24.0 Å². The highest BCUT2D eigenvalue weighted by Gasteiger charge is 2.43. The Morgan fingerprint density at radius 2 is 1.90 bits per heavy atom. The van der Waals surface area contributed by atoms with Gasteiger partial charge in [-0.2, -0.15) is 0 Å². The van der Waals surface area contributed by atoms with E-state index < -0.39 is 35.3 Å². The molecule has 2 rings (SSSR count). The summed E-state index contributed by atoms with van der Waals surface area (Å²) in [4.78, 5) is 61.5. The Kier molecular flexibility index (Phi) is 6.73. The van der Waals surface area contributed by atoms with E-state index >= 15 is 0 Å². The van der Waals surface area contributed by atoms with Crippen LogP contribution in [0.4, 0.5) is 5.69 Å². The van der Waals surface area contributed by atoms with Crippen LogP contribution in [0.25, 0.3) is 0 Å². The van der Waals surface area contributed by atoms with Crippen molar-refractivity contribution in [3.05, 3.63) is 29.3 Å². The average Bonchev–Trinajstić information content (AvgIpc) is 2.88. The number of hydrogen-bond acceptors (Lipinski definition) is 7. The molecule has 1 unspecified atom stereocenters. The predicted molar refractivity (Wildman–Crippen MR) is 104 cm³/mol. The standard InChI is InChI=1S/C20H25N3O6/c1-5-7-14(17(26)22-11-24)23-18(27)12-8-6-9-13(16(12)19(23)28)21-10-15(25)29-20(2,3)4/h6,8-9,11,14,21H,5,7,10H2,1-4H3,(H,22,24,26). The first-order valence-electron chi connectivity index (χ1n) is 9.31. The average molecular weight is 403 g/mol. The summed E-state index contributed by atoms with van der Waals surface area (Å²) < 4.78 is 5.23. The van der Waals surface area contributed by atoms with Crippen LogP contribution in [0.2, 0.25) is 0 Å². The smallest absolute Gasteiger partial charge is 0.325 e. The lowest BCUT2D eigenvalue weighted by atomic mass is 10.1. The van der Waals surface area contributed by atoms with Gasteiger partial charge in [0.2, 0.25) is 12.3 Å². The van der Waals surface area contributed by atoms with E-state index in [-0.39, 0.29) is 30.5 Å². The highest BCUT2D eigenvalue weighted by Crippen LogP contribution is 2.31. The number of esters is 1. The number of fused-ring (bicyclic) bond motifs is 1. The molecule has 0 spiro atoms. The molecule has 0 saturated heterocycles. The monoisotopic (exact) mass is 403 g/mol. The quantitative estimate of drug-likeness (QED) is 0.383. The van der Waals surface area contributed by atoms with Crippen molar-refractivity contribution in [3.63, 3.8) is 0 Å². The number of rotatable bonds is 8. The lowest BCUT2D eigenvalue weighted by Crippen LogP contribution is -2.49. The van der Waals surface area contributed by atoms with Crippen LogP contribution in [0.1, 0.15) is 61.3 Å². The Bertz CT molecular complexity index is 843. The number of nitrogens with zero attached hydrogens (tertiary/aromatic N) is 1. The third-order valence-electron chi connectivity index (χ3n) is 4.17. The van der Waals surface area contributed by atoms with E-state index in [1.165, 1.54) is 6.07 Å². The summed E-state index contributed by atoms with van der Waals surface area (Å²) in [5, 5.41) is 4.84. The maximum absolute atomic E-state index is 13.0. The molecular weight excluding hydrogens is 378 g/mol. The summed E-state index contributed by atoms with van der Waals surface area (Å²) in [6.07, 6.45) is 0.955. The Morgan fingerprint density at radius 3 is 2.48 bits per heavy atom. The van der Waals surface area contributed by atoms with Gasteiger partial charge in [0, 0.05) is 5.69 Å². The van der Waals surface area contributed by atoms with Crippen molar-refractivity contribution in [2.24, 2.45) is 0 Å². The van der Waals surface area contributed by atoms with Crippen LogP contribution >= 0.6 is 0 Å². The molecular formula is C20H25N3O6. The summed E-state index contributed by atoms with van der Waals surface area (Å²) in [6.45, 7) is 6.82. The van der Waals surface area contributed by atoms with Crippen LogP contribution < -0.4 is 10.6 Å². The van der Waals surface area contributed by atoms with Gasteiger partial charge >= 0.3 is 5.97 Å². The van der Waals surface area contributed by atoms with Gasteiger partial charge in [-0.3, -0.25) is 34.2 Å². The normalized spacial score (nSPS) is 14.3. The molecule has 1 aliphatic heterocycles. The molecule has 9 heteroatoms. The number of carbonyl (C=O) groups is 5. The van der Waals surface area contributed by atoms with Crippen molar-refractivity contribution in [1.82, 2.24) is 10.2 Å². The van der Waals surface area contributed by atoms with E-state index in [0.29, 0.717) is 12.1 Å². The molecule has 2 N–H and O–H groups in total. The molecule has 4 amide bonds. The molecule has 1 aliphatic rings. The second kappa shape index (κ2) is 8.85. The van der Waals surface area contributed by atoms with Crippen LogP contribution in [0.15, 0.2) is 18.2 Å². The minimum atomic E-state index is -1.10. The molecule has 0 bridgehead atoms. The largest absolute Gasteiger partial charge is 0.459 e. The second-order valence-corrected chi connectivity index (χ2v) is 7.58. The van der Waals surface area contributed by atoms with Gasteiger partial charge in [0.15, 0.2) is 0 Å². The van der Waals surface area contributed by atoms with Crippen molar-refractivity contribution >= 4 is 35.8 Å². The fourth-order valence-electron chi connectivity index (χ4n) is 3.08. The van der Waals surface area contributed by atoms with Gasteiger partial charge in [-0.1, -0.05) is 19.4 Å². The lowest BCUT2D eigenvalue weighted by Gasteiger charge is -2.24. The lowest BCUT2D eigenvalue weighted by molar-refractivity contribution is -0.152. The number of nitrogens with one attached hydrogen (secondary N) is 2. The molecule has 9 nitrogen and oxygen atoms in total. The minimum absolute atomic E-state index is 0.0843. The van der Waals surface area contributed by atoms with Gasteiger partial charge in [0.1, 0.15) is 18.2 Å². The highest BCUT2D eigenvalue weighted by molar-refractivity contribution is 6.25. The van der Waals surface area contributed by atoms with Crippen LogP contribution in [-0.2, 0) is 19.1 Å². The molecule has 156 valence electrons. The molecule has 1 atom stereocenters. The number of imide groups is 2. The van der Waals surface area contributed by atoms with E-state index in [0.717, 1.165) is 4.90 Å². The summed E-state index contributed by atoms with van der Waals surface area (Å²) in [6, 6.07) is 3.52. The molecule has 0 saturated carbocycles. The molecule has 0 fully saturated rings. The van der Waals surface area contributed by atoms with E-state index in [1.54, 1.807) is 39.8 Å². The zero-order chi connectivity index (χ0) is 21.8. The summed E-state index contributed by atoms with van der Waals surface area (Å²) in [7, 11) is 0. The predicted octanol–water partition coefficient (Wildman–Crippen LogP) is 1.48. The van der Waals surface area contributed by atoms with Gasteiger partial charge < -0.3 is 10.1 Å². The fraction of sp³-hybridized carbons (Fsp3) is 0.450. The third-order valence-corrected chi connectivity index (χ3v) is 4.17. The molecule has 0 aliphatic carbocycles. The number of benzene rings is 1. The van der Waals surface area contributed by atoms with Crippen LogP contribution in [0.5, 0.6) is 0 Å².